The van der Waals surface area contributed by atoms with Gasteiger partial charge in [0.25, 0.3) is 0 Å². The minimum Gasteiger partial charge on any atom is -0.493 e. The number of imidazole rings is 1. The number of H-pyrrole nitrogens is 1. The van der Waals surface area contributed by atoms with Crippen LogP contribution in [-0.4, -0.2) is 27.1 Å². The van der Waals surface area contributed by atoms with Crippen LogP contribution in [0.3, 0.4) is 0 Å². The molecule has 3 aromatic carbocycles. The van der Waals surface area contributed by atoms with Crippen molar-refractivity contribution in [2.45, 2.75) is 13.0 Å². The molecule has 1 amide bonds. The number of hydrogen-bond acceptors (Lipinski definition) is 3. The number of amides is 1. The Labute approximate surface area is 179 Å². The quantitative estimate of drug-likeness (QED) is 0.433. The number of aromatic nitrogens is 2. The van der Waals surface area contributed by atoms with E-state index in [0.29, 0.717) is 13.0 Å². The highest BCUT2D eigenvalue weighted by Crippen LogP contribution is 2.25. The third kappa shape index (κ3) is 5.11. The van der Waals surface area contributed by atoms with E-state index in [1.165, 1.54) is 17.3 Å². The van der Waals surface area contributed by atoms with Crippen LogP contribution in [-0.2, 0) is 17.8 Å². The van der Waals surface area contributed by atoms with Gasteiger partial charge in [-0.15, -0.1) is 0 Å². The maximum Gasteiger partial charge on any atom is 0.328 e. The van der Waals surface area contributed by atoms with Crippen molar-refractivity contribution in [3.63, 3.8) is 0 Å². The molecule has 0 bridgehead atoms. The van der Waals surface area contributed by atoms with Crippen LogP contribution >= 0.6 is 0 Å². The third-order valence-electron chi connectivity index (χ3n) is 5.10. The van der Waals surface area contributed by atoms with Crippen LogP contribution in [0.2, 0.25) is 0 Å². The number of benzene rings is 3. The molecule has 0 fully saturated rings. The van der Waals surface area contributed by atoms with E-state index in [9.17, 15) is 14.7 Å². The zero-order chi connectivity index (χ0) is 21.6. The monoisotopic (exact) mass is 413 g/mol. The lowest BCUT2D eigenvalue weighted by atomic mass is 9.99. The van der Waals surface area contributed by atoms with E-state index in [1.807, 2.05) is 18.2 Å². The molecule has 6 heteroatoms. The van der Waals surface area contributed by atoms with Crippen molar-refractivity contribution in [2.24, 2.45) is 0 Å². The van der Waals surface area contributed by atoms with Gasteiger partial charge < -0.3 is 10.4 Å². The summed E-state index contributed by atoms with van der Waals surface area (Å²) >= 11 is 0. The molecule has 31 heavy (non-hydrogen) atoms. The second-order valence-electron chi connectivity index (χ2n) is 7.31. The zero-order valence-electron chi connectivity index (χ0n) is 16.9. The Morgan fingerprint density at radius 2 is 1.39 bits per heavy atom. The summed E-state index contributed by atoms with van der Waals surface area (Å²) in [6, 6.07) is 27.1. The Hall–Kier alpha value is -4.06. The molecule has 0 unspecified atom stereocenters. The highest BCUT2D eigenvalue weighted by Gasteiger charge is 2.07. The van der Waals surface area contributed by atoms with Crippen LogP contribution in [0.4, 0.5) is 0 Å². The normalized spacial score (nSPS) is 10.7. The van der Waals surface area contributed by atoms with Crippen molar-refractivity contribution in [1.82, 2.24) is 14.9 Å². The summed E-state index contributed by atoms with van der Waals surface area (Å²) in [5, 5.41) is 12.0. The molecule has 4 rings (SSSR count). The molecule has 156 valence electrons. The summed E-state index contributed by atoms with van der Waals surface area (Å²) in [7, 11) is 0. The van der Waals surface area contributed by atoms with Gasteiger partial charge in [-0.25, -0.2) is 4.79 Å². The number of nitrogens with one attached hydrogen (secondary N) is 2. The van der Waals surface area contributed by atoms with E-state index in [4.69, 9.17) is 0 Å². The molecule has 0 aliphatic rings. The Morgan fingerprint density at radius 1 is 0.839 bits per heavy atom. The molecule has 1 aromatic heterocycles. The van der Waals surface area contributed by atoms with Crippen molar-refractivity contribution in [3.8, 4) is 28.1 Å². The smallest absolute Gasteiger partial charge is 0.328 e. The number of aromatic hydroxyl groups is 1. The van der Waals surface area contributed by atoms with Crippen LogP contribution in [0.25, 0.3) is 22.3 Å². The van der Waals surface area contributed by atoms with Gasteiger partial charge in [0.2, 0.25) is 11.8 Å². The van der Waals surface area contributed by atoms with Crippen LogP contribution in [0.1, 0.15) is 5.56 Å². The highest BCUT2D eigenvalue weighted by molar-refractivity contribution is 5.75. The van der Waals surface area contributed by atoms with E-state index in [2.05, 4.69) is 71.0 Å². The zero-order valence-corrected chi connectivity index (χ0v) is 16.9. The van der Waals surface area contributed by atoms with Gasteiger partial charge in [-0.3, -0.25) is 14.3 Å². The van der Waals surface area contributed by atoms with E-state index in [1.54, 1.807) is 0 Å². The van der Waals surface area contributed by atoms with Crippen molar-refractivity contribution in [3.05, 3.63) is 101 Å². The summed E-state index contributed by atoms with van der Waals surface area (Å²) in [6.07, 6.45) is 1.89. The minimum atomic E-state index is -0.514. The fourth-order valence-corrected chi connectivity index (χ4v) is 3.44. The third-order valence-corrected chi connectivity index (χ3v) is 5.10. The lowest BCUT2D eigenvalue weighted by Gasteiger charge is -2.08. The van der Waals surface area contributed by atoms with Crippen LogP contribution in [0.5, 0.6) is 5.88 Å². The summed E-state index contributed by atoms with van der Waals surface area (Å²) in [6.45, 7) is 0.336. The van der Waals surface area contributed by atoms with Crippen molar-refractivity contribution < 1.29 is 9.90 Å². The SMILES string of the molecule is O=C(Cn1cc(O)[nH]c1=O)NCCc1ccc(-c2ccc(-c3ccccc3)cc2)cc1. The summed E-state index contributed by atoms with van der Waals surface area (Å²) < 4.78 is 1.13. The number of carbonyl (C=O) groups is 1. The molecule has 0 spiro atoms. The van der Waals surface area contributed by atoms with Gasteiger partial charge in [-0.1, -0.05) is 78.9 Å². The Morgan fingerprint density at radius 3 is 1.94 bits per heavy atom. The number of carbonyl (C=O) groups excluding carboxylic acids is 1. The first-order valence-corrected chi connectivity index (χ1v) is 10.1. The highest BCUT2D eigenvalue weighted by atomic mass is 16.3. The number of rotatable bonds is 7. The predicted molar refractivity (Wildman–Crippen MR) is 121 cm³/mol. The molecule has 0 radical (unpaired) electrons. The topological polar surface area (TPSA) is 87.1 Å². The molecule has 1 heterocycles. The van der Waals surface area contributed by atoms with Crippen LogP contribution in [0.15, 0.2) is 89.9 Å². The van der Waals surface area contributed by atoms with Gasteiger partial charge in [-0.2, -0.15) is 0 Å². The first-order valence-electron chi connectivity index (χ1n) is 10.1. The fourth-order valence-electron chi connectivity index (χ4n) is 3.44. The molecule has 0 aliphatic carbocycles. The van der Waals surface area contributed by atoms with Crippen molar-refractivity contribution in [1.29, 1.82) is 0 Å². The Bertz CT molecular complexity index is 1210. The second-order valence-corrected chi connectivity index (χ2v) is 7.31. The first kappa shape index (κ1) is 20.2. The lowest BCUT2D eigenvalue weighted by Crippen LogP contribution is -2.32. The molecule has 6 nitrogen and oxygen atoms in total. The van der Waals surface area contributed by atoms with Gasteiger partial charge >= 0.3 is 5.69 Å². The van der Waals surface area contributed by atoms with Crippen LogP contribution < -0.4 is 11.0 Å². The molecular weight excluding hydrogens is 390 g/mol. The Kier molecular flexibility index (Phi) is 5.98. The van der Waals surface area contributed by atoms with E-state index in [0.717, 1.165) is 21.3 Å². The van der Waals surface area contributed by atoms with Gasteiger partial charge in [0.1, 0.15) is 6.54 Å². The lowest BCUT2D eigenvalue weighted by molar-refractivity contribution is -0.121. The molecule has 4 aromatic rings. The van der Waals surface area contributed by atoms with Gasteiger partial charge in [0.05, 0.1) is 6.20 Å². The predicted octanol–water partition coefficient (Wildman–Crippen LogP) is 3.57. The molecule has 0 atom stereocenters. The fraction of sp³-hybridized carbons (Fsp3) is 0.120. The number of aromatic amines is 1. The second kappa shape index (κ2) is 9.17. The van der Waals surface area contributed by atoms with Crippen molar-refractivity contribution >= 4 is 5.91 Å². The minimum absolute atomic E-state index is 0.131. The van der Waals surface area contributed by atoms with E-state index in [-0.39, 0.29) is 18.3 Å². The molecule has 0 saturated heterocycles. The molecular formula is C25H23N3O3. The maximum absolute atomic E-state index is 12.0. The number of hydrogen-bond donors (Lipinski definition) is 3. The number of nitrogens with zero attached hydrogens (tertiary/aromatic N) is 1. The van der Waals surface area contributed by atoms with Crippen LogP contribution in [0, 0.1) is 0 Å². The van der Waals surface area contributed by atoms with E-state index < -0.39 is 5.69 Å². The van der Waals surface area contributed by atoms with Gasteiger partial charge in [0, 0.05) is 6.54 Å². The summed E-state index contributed by atoms with van der Waals surface area (Å²) in [5.74, 6) is -0.538. The first-order chi connectivity index (χ1) is 15.1. The molecule has 3 N–H and O–H groups in total. The maximum atomic E-state index is 12.0. The average Bonchev–Trinajstić information content (AvgIpc) is 3.11. The summed E-state index contributed by atoms with van der Waals surface area (Å²) in [4.78, 5) is 25.7. The standard InChI is InChI=1S/C25H23N3O3/c29-23(16-28-17-24(30)27-25(28)31)26-15-14-18-6-8-20(9-7-18)22-12-10-21(11-13-22)19-4-2-1-3-5-19/h1-13,17,30H,14-16H2,(H,26,29)(H,27,31). The molecule has 0 saturated carbocycles. The van der Waals surface area contributed by atoms with Crippen molar-refractivity contribution in [2.75, 3.05) is 6.54 Å². The Balaban J connectivity index is 1.30. The average molecular weight is 413 g/mol. The van der Waals surface area contributed by atoms with Gasteiger partial charge in [0.15, 0.2) is 0 Å². The summed E-state index contributed by atoms with van der Waals surface area (Å²) in [5.41, 5.74) is 5.28. The van der Waals surface area contributed by atoms with E-state index >= 15 is 0 Å². The molecule has 0 aliphatic heterocycles. The van der Waals surface area contributed by atoms with Gasteiger partial charge in [-0.05, 0) is 34.2 Å². The largest absolute Gasteiger partial charge is 0.493 e.